The molecule has 1 heterocycles. The lowest BCUT2D eigenvalue weighted by molar-refractivity contribution is 0.320. The maximum Gasteiger partial charge on any atom is 0.110 e. The highest BCUT2D eigenvalue weighted by Gasteiger charge is 2.24. The summed E-state index contributed by atoms with van der Waals surface area (Å²) in [5, 5.41) is 4.73. The normalized spacial score (nSPS) is 17.9. The van der Waals surface area contributed by atoms with Crippen LogP contribution in [0.4, 0.5) is 0 Å². The van der Waals surface area contributed by atoms with Gasteiger partial charge in [0.15, 0.2) is 0 Å². The zero-order chi connectivity index (χ0) is 12.5. The molecule has 96 valence electrons. The third-order valence-electron chi connectivity index (χ3n) is 3.33. The Bertz CT molecular complexity index is 353. The third-order valence-corrected chi connectivity index (χ3v) is 4.60. The summed E-state index contributed by atoms with van der Waals surface area (Å²) < 4.78 is 0. The summed E-state index contributed by atoms with van der Waals surface area (Å²) in [6.07, 6.45) is 6.25. The van der Waals surface area contributed by atoms with Crippen LogP contribution in [0.3, 0.4) is 0 Å². The van der Waals surface area contributed by atoms with Gasteiger partial charge in [-0.1, -0.05) is 20.8 Å². The van der Waals surface area contributed by atoms with Gasteiger partial charge < -0.3 is 5.32 Å². The summed E-state index contributed by atoms with van der Waals surface area (Å²) in [6.45, 7) is 6.89. The van der Waals surface area contributed by atoms with Crippen molar-refractivity contribution in [2.75, 3.05) is 7.05 Å². The van der Waals surface area contributed by atoms with Crippen molar-refractivity contribution in [1.29, 1.82) is 0 Å². The Morgan fingerprint density at radius 1 is 1.29 bits per heavy atom. The van der Waals surface area contributed by atoms with Crippen molar-refractivity contribution < 1.29 is 0 Å². The number of aryl methyl sites for hydroxylation is 2. The molecule has 1 N–H and O–H groups in total. The van der Waals surface area contributed by atoms with E-state index in [0.717, 1.165) is 6.42 Å². The largest absolute Gasteiger partial charge is 0.311 e. The molecule has 3 heteroatoms. The number of nitrogens with one attached hydrogen (secondary N) is 1. The standard InChI is InChI=1S/C14H24N2S/c1-14(2,3)9-11(15-4)13-16-10-7-5-6-8-12(10)17-13/h11,15H,5-9H2,1-4H3. The number of hydrogen-bond donors (Lipinski definition) is 1. The monoisotopic (exact) mass is 252 g/mol. The van der Waals surface area contributed by atoms with Crippen molar-refractivity contribution in [3.05, 3.63) is 15.6 Å². The Labute approximate surface area is 109 Å². The van der Waals surface area contributed by atoms with E-state index in [1.165, 1.54) is 36.4 Å². The van der Waals surface area contributed by atoms with Gasteiger partial charge in [-0.15, -0.1) is 11.3 Å². The molecule has 0 radical (unpaired) electrons. The Morgan fingerprint density at radius 2 is 2.00 bits per heavy atom. The van der Waals surface area contributed by atoms with Gasteiger partial charge in [-0.3, -0.25) is 0 Å². The number of rotatable bonds is 3. The van der Waals surface area contributed by atoms with Gasteiger partial charge in [-0.05, 0) is 44.6 Å². The zero-order valence-corrected chi connectivity index (χ0v) is 12.3. The van der Waals surface area contributed by atoms with Crippen LogP contribution in [0.15, 0.2) is 0 Å². The molecule has 0 bridgehead atoms. The first kappa shape index (κ1) is 13.0. The number of fused-ring (bicyclic) bond motifs is 1. The Balaban J connectivity index is 2.16. The zero-order valence-electron chi connectivity index (χ0n) is 11.5. The van der Waals surface area contributed by atoms with Gasteiger partial charge in [0.25, 0.3) is 0 Å². The summed E-state index contributed by atoms with van der Waals surface area (Å²) in [5.74, 6) is 0. The molecule has 2 rings (SSSR count). The highest BCUT2D eigenvalue weighted by atomic mass is 32.1. The van der Waals surface area contributed by atoms with Crippen molar-refractivity contribution in [3.8, 4) is 0 Å². The predicted octanol–water partition coefficient (Wildman–Crippen LogP) is 3.72. The summed E-state index contributed by atoms with van der Waals surface area (Å²) in [4.78, 5) is 6.40. The molecule has 0 aliphatic heterocycles. The fourth-order valence-electron chi connectivity index (χ4n) is 2.45. The Hall–Kier alpha value is -0.410. The second-order valence-corrected chi connectivity index (χ2v) is 7.35. The van der Waals surface area contributed by atoms with E-state index in [1.807, 2.05) is 11.3 Å². The molecule has 0 saturated carbocycles. The van der Waals surface area contributed by atoms with Crippen LogP contribution in [0.1, 0.15) is 61.7 Å². The van der Waals surface area contributed by atoms with Crippen molar-refractivity contribution in [2.45, 2.75) is 58.9 Å². The molecule has 0 amide bonds. The second kappa shape index (κ2) is 5.07. The first-order valence-electron chi connectivity index (χ1n) is 6.65. The van der Waals surface area contributed by atoms with Crippen molar-refractivity contribution in [3.63, 3.8) is 0 Å². The van der Waals surface area contributed by atoms with E-state index in [2.05, 4.69) is 33.1 Å². The molecule has 0 spiro atoms. The van der Waals surface area contributed by atoms with Crippen LogP contribution in [0.25, 0.3) is 0 Å². The van der Waals surface area contributed by atoms with Gasteiger partial charge in [-0.25, -0.2) is 4.98 Å². The average molecular weight is 252 g/mol. The smallest absolute Gasteiger partial charge is 0.110 e. The van der Waals surface area contributed by atoms with Crippen molar-refractivity contribution in [2.24, 2.45) is 5.41 Å². The molecule has 1 atom stereocenters. The number of aromatic nitrogens is 1. The predicted molar refractivity (Wildman–Crippen MR) is 74.6 cm³/mol. The highest BCUT2D eigenvalue weighted by molar-refractivity contribution is 7.11. The van der Waals surface area contributed by atoms with Crippen LogP contribution in [0, 0.1) is 5.41 Å². The Kier molecular flexibility index (Phi) is 3.88. The molecular formula is C14H24N2S. The summed E-state index contributed by atoms with van der Waals surface area (Å²) in [7, 11) is 2.05. The number of thiazole rings is 1. The van der Waals surface area contributed by atoms with E-state index >= 15 is 0 Å². The first-order chi connectivity index (χ1) is 7.99. The van der Waals surface area contributed by atoms with Gasteiger partial charge in [0.1, 0.15) is 5.01 Å². The van der Waals surface area contributed by atoms with Gasteiger partial charge in [0, 0.05) is 4.88 Å². The lowest BCUT2D eigenvalue weighted by atomic mass is 9.88. The molecular weight excluding hydrogens is 228 g/mol. The van der Waals surface area contributed by atoms with Gasteiger partial charge in [-0.2, -0.15) is 0 Å². The molecule has 1 aromatic rings. The molecule has 0 fully saturated rings. The van der Waals surface area contributed by atoms with Crippen LogP contribution < -0.4 is 5.32 Å². The minimum Gasteiger partial charge on any atom is -0.311 e. The molecule has 2 nitrogen and oxygen atoms in total. The van der Waals surface area contributed by atoms with E-state index < -0.39 is 0 Å². The molecule has 1 unspecified atom stereocenters. The van der Waals surface area contributed by atoms with E-state index in [-0.39, 0.29) is 0 Å². The molecule has 0 saturated heterocycles. The maximum absolute atomic E-state index is 4.86. The molecule has 0 aromatic carbocycles. The summed E-state index contributed by atoms with van der Waals surface area (Å²) in [5.41, 5.74) is 1.73. The van der Waals surface area contributed by atoms with Crippen molar-refractivity contribution in [1.82, 2.24) is 10.3 Å². The van der Waals surface area contributed by atoms with E-state index in [4.69, 9.17) is 4.98 Å². The van der Waals surface area contributed by atoms with Gasteiger partial charge >= 0.3 is 0 Å². The fourth-order valence-corrected chi connectivity index (χ4v) is 3.71. The van der Waals surface area contributed by atoms with E-state index in [0.29, 0.717) is 11.5 Å². The fraction of sp³-hybridized carbons (Fsp3) is 0.786. The minimum atomic E-state index is 0.347. The van der Waals surface area contributed by atoms with Crippen LogP contribution in [0.5, 0.6) is 0 Å². The quantitative estimate of drug-likeness (QED) is 0.887. The van der Waals surface area contributed by atoms with E-state index in [1.54, 1.807) is 4.88 Å². The molecule has 17 heavy (non-hydrogen) atoms. The van der Waals surface area contributed by atoms with Gasteiger partial charge in [0.05, 0.1) is 11.7 Å². The molecule has 1 aromatic heterocycles. The van der Waals surface area contributed by atoms with Crippen LogP contribution in [-0.2, 0) is 12.8 Å². The maximum atomic E-state index is 4.86. The van der Waals surface area contributed by atoms with Gasteiger partial charge in [0.2, 0.25) is 0 Å². The minimum absolute atomic E-state index is 0.347. The summed E-state index contributed by atoms with van der Waals surface area (Å²) >= 11 is 1.94. The SMILES string of the molecule is CNC(CC(C)(C)C)c1nc2c(s1)CCCC2. The Morgan fingerprint density at radius 3 is 2.59 bits per heavy atom. The average Bonchev–Trinajstić information content (AvgIpc) is 2.67. The lowest BCUT2D eigenvalue weighted by Gasteiger charge is -2.24. The topological polar surface area (TPSA) is 24.9 Å². The lowest BCUT2D eigenvalue weighted by Crippen LogP contribution is -2.22. The van der Waals surface area contributed by atoms with Crippen LogP contribution >= 0.6 is 11.3 Å². The molecule has 1 aliphatic carbocycles. The second-order valence-electron chi connectivity index (χ2n) is 6.24. The van der Waals surface area contributed by atoms with Crippen LogP contribution in [0.2, 0.25) is 0 Å². The van der Waals surface area contributed by atoms with Crippen molar-refractivity contribution >= 4 is 11.3 Å². The third kappa shape index (κ3) is 3.29. The molecule has 1 aliphatic rings. The summed E-state index contributed by atoms with van der Waals surface area (Å²) in [6, 6.07) is 0.422. The van der Waals surface area contributed by atoms with Crippen LogP contribution in [-0.4, -0.2) is 12.0 Å². The van der Waals surface area contributed by atoms with E-state index in [9.17, 15) is 0 Å². The first-order valence-corrected chi connectivity index (χ1v) is 7.47. The highest BCUT2D eigenvalue weighted by Crippen LogP contribution is 2.34. The number of nitrogens with zero attached hydrogens (tertiary/aromatic N) is 1. The number of hydrogen-bond acceptors (Lipinski definition) is 3.